The Bertz CT molecular complexity index is 460. The smallest absolute Gasteiger partial charge is 0.331 e. The fourth-order valence-electron chi connectivity index (χ4n) is 1.78. The topological polar surface area (TPSA) is 57.6 Å². The fourth-order valence-corrected chi connectivity index (χ4v) is 2.95. The highest BCUT2D eigenvalue weighted by Gasteiger charge is 2.30. The third-order valence-electron chi connectivity index (χ3n) is 2.89. The minimum absolute atomic E-state index is 0.0180. The Hall–Kier alpha value is -1.36. The average Bonchev–Trinajstić information content (AvgIpc) is 2.72. The Morgan fingerprint density at radius 3 is 2.26 bits per heavy atom. The number of carboxylic acids is 1. The summed E-state index contributed by atoms with van der Waals surface area (Å²) in [6.45, 7) is 9.86. The minimum Gasteiger partial charge on any atom is -0.479 e. The summed E-state index contributed by atoms with van der Waals surface area (Å²) in [5, 5.41) is 9.40. The molecule has 0 saturated carbocycles. The van der Waals surface area contributed by atoms with E-state index in [1.807, 2.05) is 26.0 Å². The summed E-state index contributed by atoms with van der Waals surface area (Å²) in [5.74, 6) is -0.997. The molecule has 1 unspecified atom stereocenters. The first-order valence-electron chi connectivity index (χ1n) is 6.24. The highest BCUT2D eigenvalue weighted by molar-refractivity contribution is 7.12. The van der Waals surface area contributed by atoms with Gasteiger partial charge in [0.05, 0.1) is 0 Å². The molecule has 106 valence electrons. The Labute approximate surface area is 118 Å². The van der Waals surface area contributed by atoms with E-state index in [9.17, 15) is 14.7 Å². The number of aliphatic carboxylic acids is 1. The number of hydrogen-bond donors (Lipinski definition) is 1. The minimum atomic E-state index is -0.997. The Kier molecular flexibility index (Phi) is 4.74. The molecule has 5 heteroatoms. The SMILES string of the molecule is CC(C)N(C=O)C(C(=O)O)c1ccc(C(C)(C)C)s1. The van der Waals surface area contributed by atoms with Crippen LogP contribution in [0.2, 0.25) is 0 Å². The molecule has 1 heterocycles. The summed E-state index contributed by atoms with van der Waals surface area (Å²) < 4.78 is 0. The third kappa shape index (κ3) is 3.56. The van der Waals surface area contributed by atoms with E-state index in [2.05, 4.69) is 20.8 Å². The van der Waals surface area contributed by atoms with Crippen molar-refractivity contribution in [1.29, 1.82) is 0 Å². The first-order chi connectivity index (χ1) is 8.68. The normalized spacial score (nSPS) is 13.4. The zero-order chi connectivity index (χ0) is 14.8. The molecule has 0 spiro atoms. The van der Waals surface area contributed by atoms with Crippen LogP contribution < -0.4 is 0 Å². The summed E-state index contributed by atoms with van der Waals surface area (Å²) in [6.07, 6.45) is 0.611. The van der Waals surface area contributed by atoms with Gasteiger partial charge in [0, 0.05) is 15.8 Å². The molecule has 0 aliphatic carbocycles. The molecule has 0 radical (unpaired) electrons. The van der Waals surface area contributed by atoms with E-state index < -0.39 is 12.0 Å². The summed E-state index contributed by atoms with van der Waals surface area (Å²) in [4.78, 5) is 25.7. The molecule has 1 aromatic heterocycles. The lowest BCUT2D eigenvalue weighted by molar-refractivity contribution is -0.147. The van der Waals surface area contributed by atoms with Crippen molar-refractivity contribution in [1.82, 2.24) is 4.90 Å². The van der Waals surface area contributed by atoms with Gasteiger partial charge in [0.2, 0.25) is 6.41 Å². The van der Waals surface area contributed by atoms with Gasteiger partial charge < -0.3 is 10.0 Å². The predicted octanol–water partition coefficient (Wildman–Crippen LogP) is 3.04. The van der Waals surface area contributed by atoms with Crippen molar-refractivity contribution in [2.75, 3.05) is 0 Å². The maximum Gasteiger partial charge on any atom is 0.331 e. The number of amides is 1. The van der Waals surface area contributed by atoms with E-state index in [4.69, 9.17) is 0 Å². The van der Waals surface area contributed by atoms with Crippen LogP contribution >= 0.6 is 11.3 Å². The Balaban J connectivity index is 3.17. The molecule has 0 saturated heterocycles. The van der Waals surface area contributed by atoms with Gasteiger partial charge in [-0.05, 0) is 31.4 Å². The molecule has 1 N–H and O–H groups in total. The number of rotatable bonds is 5. The van der Waals surface area contributed by atoms with E-state index >= 15 is 0 Å². The van der Waals surface area contributed by atoms with Gasteiger partial charge in [0.15, 0.2) is 6.04 Å². The molecule has 0 bridgehead atoms. The molecule has 0 aliphatic heterocycles. The zero-order valence-electron chi connectivity index (χ0n) is 12.0. The summed E-state index contributed by atoms with van der Waals surface area (Å²) in [6, 6.07) is 2.69. The van der Waals surface area contributed by atoms with Crippen molar-refractivity contribution >= 4 is 23.7 Å². The average molecular weight is 283 g/mol. The summed E-state index contributed by atoms with van der Waals surface area (Å²) in [7, 11) is 0. The molecule has 0 aromatic carbocycles. The highest BCUT2D eigenvalue weighted by atomic mass is 32.1. The molecule has 4 nitrogen and oxygen atoms in total. The first-order valence-corrected chi connectivity index (χ1v) is 7.06. The molecule has 1 amide bonds. The largest absolute Gasteiger partial charge is 0.479 e. The molecule has 1 rings (SSSR count). The molecule has 1 aromatic rings. The van der Waals surface area contributed by atoms with Crippen LogP contribution in [0, 0.1) is 0 Å². The van der Waals surface area contributed by atoms with Crippen molar-refractivity contribution in [2.24, 2.45) is 0 Å². The number of nitrogens with zero attached hydrogens (tertiary/aromatic N) is 1. The zero-order valence-corrected chi connectivity index (χ0v) is 12.8. The van der Waals surface area contributed by atoms with Gasteiger partial charge >= 0.3 is 5.97 Å². The monoisotopic (exact) mass is 283 g/mol. The molecule has 0 aliphatic rings. The number of carboxylic acid groups (broad SMARTS) is 1. The second kappa shape index (κ2) is 5.74. The molecule has 1 atom stereocenters. The van der Waals surface area contributed by atoms with Crippen molar-refractivity contribution in [3.8, 4) is 0 Å². The van der Waals surface area contributed by atoms with Crippen LogP contribution in [-0.4, -0.2) is 28.4 Å². The predicted molar refractivity (Wildman–Crippen MR) is 76.4 cm³/mol. The van der Waals surface area contributed by atoms with E-state index in [0.29, 0.717) is 11.3 Å². The first kappa shape index (κ1) is 15.7. The van der Waals surface area contributed by atoms with Crippen LogP contribution in [0.4, 0.5) is 0 Å². The fraction of sp³-hybridized carbons (Fsp3) is 0.571. The van der Waals surface area contributed by atoms with Crippen LogP contribution in [-0.2, 0) is 15.0 Å². The van der Waals surface area contributed by atoms with Gasteiger partial charge in [-0.25, -0.2) is 4.79 Å². The van der Waals surface area contributed by atoms with Crippen molar-refractivity contribution in [3.63, 3.8) is 0 Å². The van der Waals surface area contributed by atoms with Crippen LogP contribution in [0.3, 0.4) is 0 Å². The van der Waals surface area contributed by atoms with Crippen molar-refractivity contribution in [2.45, 2.75) is 52.1 Å². The van der Waals surface area contributed by atoms with Gasteiger partial charge in [0.1, 0.15) is 0 Å². The summed E-state index contributed by atoms with van der Waals surface area (Å²) in [5.41, 5.74) is -0.0180. The molecule has 0 fully saturated rings. The van der Waals surface area contributed by atoms with Crippen LogP contribution in [0.1, 0.15) is 50.4 Å². The lowest BCUT2D eigenvalue weighted by atomic mass is 9.95. The van der Waals surface area contributed by atoms with E-state index in [1.165, 1.54) is 16.2 Å². The number of carbonyl (C=O) groups is 2. The highest BCUT2D eigenvalue weighted by Crippen LogP contribution is 2.34. The van der Waals surface area contributed by atoms with Crippen molar-refractivity contribution in [3.05, 3.63) is 21.9 Å². The lowest BCUT2D eigenvalue weighted by Crippen LogP contribution is -2.37. The Morgan fingerprint density at radius 1 is 1.37 bits per heavy atom. The lowest BCUT2D eigenvalue weighted by Gasteiger charge is -2.28. The molecular formula is C14H21NO3S. The quantitative estimate of drug-likeness (QED) is 0.845. The standard InChI is InChI=1S/C14H21NO3S/c1-9(2)15(8-16)12(13(17)18)10-6-7-11(19-10)14(3,4)5/h6-9,12H,1-5H3,(H,17,18). The number of thiophene rings is 1. The van der Waals surface area contributed by atoms with Crippen LogP contribution in [0.5, 0.6) is 0 Å². The maximum atomic E-state index is 11.5. The second-order valence-corrected chi connectivity index (χ2v) is 6.95. The third-order valence-corrected chi connectivity index (χ3v) is 4.45. The Morgan fingerprint density at radius 2 is 1.95 bits per heavy atom. The van der Waals surface area contributed by atoms with Crippen LogP contribution in [0.15, 0.2) is 12.1 Å². The molecule has 19 heavy (non-hydrogen) atoms. The van der Waals surface area contributed by atoms with Gasteiger partial charge in [0.25, 0.3) is 0 Å². The van der Waals surface area contributed by atoms with Gasteiger partial charge in [-0.1, -0.05) is 20.8 Å². The van der Waals surface area contributed by atoms with Gasteiger partial charge in [-0.2, -0.15) is 0 Å². The second-order valence-electron chi connectivity index (χ2n) is 5.84. The number of carbonyl (C=O) groups excluding carboxylic acids is 1. The van der Waals surface area contributed by atoms with Gasteiger partial charge in [-0.15, -0.1) is 11.3 Å². The van der Waals surface area contributed by atoms with Crippen LogP contribution in [0.25, 0.3) is 0 Å². The number of hydrogen-bond acceptors (Lipinski definition) is 3. The van der Waals surface area contributed by atoms with E-state index in [0.717, 1.165) is 4.88 Å². The van der Waals surface area contributed by atoms with E-state index in [1.54, 1.807) is 0 Å². The van der Waals surface area contributed by atoms with E-state index in [-0.39, 0.29) is 11.5 Å². The van der Waals surface area contributed by atoms with Gasteiger partial charge in [-0.3, -0.25) is 4.79 Å². The summed E-state index contributed by atoms with van der Waals surface area (Å²) >= 11 is 1.46. The maximum absolute atomic E-state index is 11.5. The van der Waals surface area contributed by atoms with Crippen molar-refractivity contribution < 1.29 is 14.7 Å². The molecular weight excluding hydrogens is 262 g/mol.